The first-order valence-corrected chi connectivity index (χ1v) is 6.78. The molecule has 4 heteroatoms. The number of rotatable bonds is 4. The molecule has 4 nitrogen and oxygen atoms in total. The molecule has 112 valence electrons. The second-order valence-electron chi connectivity index (χ2n) is 6.61. The van der Waals surface area contributed by atoms with Gasteiger partial charge in [0.15, 0.2) is 0 Å². The molecule has 0 atom stereocenters. The fourth-order valence-corrected chi connectivity index (χ4v) is 1.51. The SMILES string of the molecule is Cc1ccc(OCC(C)(C)NC(=O)OC(C)(C)C)cc1. The Morgan fingerprint density at radius 2 is 1.65 bits per heavy atom. The molecule has 0 fully saturated rings. The maximum atomic E-state index is 11.7. The van der Waals surface area contributed by atoms with E-state index < -0.39 is 17.2 Å². The van der Waals surface area contributed by atoms with E-state index in [2.05, 4.69) is 5.32 Å². The zero-order chi connectivity index (χ0) is 15.4. The van der Waals surface area contributed by atoms with Gasteiger partial charge in [0.1, 0.15) is 18.0 Å². The maximum Gasteiger partial charge on any atom is 0.408 e. The Morgan fingerprint density at radius 1 is 1.10 bits per heavy atom. The predicted octanol–water partition coefficient (Wildman–Crippen LogP) is 3.68. The van der Waals surface area contributed by atoms with Crippen LogP contribution < -0.4 is 10.1 Å². The number of benzene rings is 1. The lowest BCUT2D eigenvalue weighted by molar-refractivity contribution is 0.0441. The third-order valence-electron chi connectivity index (χ3n) is 2.46. The van der Waals surface area contributed by atoms with Gasteiger partial charge < -0.3 is 14.8 Å². The zero-order valence-electron chi connectivity index (χ0n) is 13.2. The van der Waals surface area contributed by atoms with Crippen LogP contribution in [0.15, 0.2) is 24.3 Å². The van der Waals surface area contributed by atoms with E-state index in [0.29, 0.717) is 6.61 Å². The first kappa shape index (κ1) is 16.3. The van der Waals surface area contributed by atoms with E-state index in [0.717, 1.165) is 5.75 Å². The van der Waals surface area contributed by atoms with E-state index in [1.165, 1.54) is 5.56 Å². The van der Waals surface area contributed by atoms with E-state index >= 15 is 0 Å². The highest BCUT2D eigenvalue weighted by molar-refractivity contribution is 5.68. The minimum absolute atomic E-state index is 0.370. The van der Waals surface area contributed by atoms with Crippen LogP contribution in [-0.2, 0) is 4.74 Å². The summed E-state index contributed by atoms with van der Waals surface area (Å²) >= 11 is 0. The van der Waals surface area contributed by atoms with Crippen LogP contribution >= 0.6 is 0 Å². The number of hydrogen-bond donors (Lipinski definition) is 1. The average molecular weight is 279 g/mol. The van der Waals surface area contributed by atoms with Crippen molar-refractivity contribution in [3.63, 3.8) is 0 Å². The van der Waals surface area contributed by atoms with Crippen molar-refractivity contribution in [3.05, 3.63) is 29.8 Å². The number of alkyl carbamates (subject to hydrolysis) is 1. The van der Waals surface area contributed by atoms with Crippen LogP contribution in [0, 0.1) is 6.92 Å². The van der Waals surface area contributed by atoms with Gasteiger partial charge >= 0.3 is 6.09 Å². The normalized spacial score (nSPS) is 11.9. The summed E-state index contributed by atoms with van der Waals surface area (Å²) in [7, 11) is 0. The van der Waals surface area contributed by atoms with E-state index in [-0.39, 0.29) is 0 Å². The molecule has 1 rings (SSSR count). The van der Waals surface area contributed by atoms with Crippen molar-refractivity contribution in [2.75, 3.05) is 6.61 Å². The van der Waals surface area contributed by atoms with E-state index in [4.69, 9.17) is 9.47 Å². The highest BCUT2D eigenvalue weighted by Crippen LogP contribution is 2.14. The van der Waals surface area contributed by atoms with E-state index in [1.54, 1.807) is 0 Å². The number of amides is 1. The summed E-state index contributed by atoms with van der Waals surface area (Å²) in [5.41, 5.74) is 0.175. The summed E-state index contributed by atoms with van der Waals surface area (Å²) in [4.78, 5) is 11.7. The highest BCUT2D eigenvalue weighted by Gasteiger charge is 2.25. The van der Waals surface area contributed by atoms with Gasteiger partial charge in [0.25, 0.3) is 0 Å². The van der Waals surface area contributed by atoms with Gasteiger partial charge in [0, 0.05) is 0 Å². The molecular weight excluding hydrogens is 254 g/mol. The fraction of sp³-hybridized carbons (Fsp3) is 0.562. The topological polar surface area (TPSA) is 47.6 Å². The van der Waals surface area contributed by atoms with Crippen molar-refractivity contribution < 1.29 is 14.3 Å². The molecule has 1 N–H and O–H groups in total. The third kappa shape index (κ3) is 6.45. The molecule has 1 amide bonds. The summed E-state index contributed by atoms with van der Waals surface area (Å²) in [6.45, 7) is 11.7. The molecule has 0 aromatic heterocycles. The lowest BCUT2D eigenvalue weighted by Gasteiger charge is -2.28. The minimum Gasteiger partial charge on any atom is -0.491 e. The molecule has 0 heterocycles. The first-order chi connectivity index (χ1) is 9.07. The van der Waals surface area contributed by atoms with Crippen molar-refractivity contribution in [1.82, 2.24) is 5.32 Å². The standard InChI is InChI=1S/C16H25NO3/c1-12-7-9-13(10-8-12)19-11-16(5,6)17-14(18)20-15(2,3)4/h7-10H,11H2,1-6H3,(H,17,18). The first-order valence-electron chi connectivity index (χ1n) is 6.78. The molecule has 0 aliphatic rings. The Kier molecular flexibility index (Phi) is 5.03. The molecule has 0 unspecified atom stereocenters. The molecule has 1 aromatic rings. The fourth-order valence-electron chi connectivity index (χ4n) is 1.51. The lowest BCUT2D eigenvalue weighted by Crippen LogP contribution is -2.49. The molecule has 1 aromatic carbocycles. The number of carbonyl (C=O) groups is 1. The van der Waals surface area contributed by atoms with Crippen LogP contribution in [0.1, 0.15) is 40.2 Å². The van der Waals surface area contributed by atoms with Crippen molar-refractivity contribution >= 4 is 6.09 Å². The Hall–Kier alpha value is -1.71. The van der Waals surface area contributed by atoms with Gasteiger partial charge in [0.2, 0.25) is 0 Å². The molecule has 0 aliphatic carbocycles. The summed E-state index contributed by atoms with van der Waals surface area (Å²) in [6, 6.07) is 7.81. The highest BCUT2D eigenvalue weighted by atomic mass is 16.6. The molecule has 0 spiro atoms. The van der Waals surface area contributed by atoms with Gasteiger partial charge in [-0.25, -0.2) is 4.79 Å². The van der Waals surface area contributed by atoms with Crippen LogP contribution in [0.4, 0.5) is 4.79 Å². The van der Waals surface area contributed by atoms with Crippen LogP contribution in [-0.4, -0.2) is 23.8 Å². The predicted molar refractivity (Wildman–Crippen MR) is 80.1 cm³/mol. The molecule has 20 heavy (non-hydrogen) atoms. The second-order valence-corrected chi connectivity index (χ2v) is 6.61. The molecule has 0 bridgehead atoms. The van der Waals surface area contributed by atoms with Gasteiger partial charge in [-0.05, 0) is 53.7 Å². The van der Waals surface area contributed by atoms with Crippen LogP contribution in [0.25, 0.3) is 0 Å². The van der Waals surface area contributed by atoms with E-state index in [1.807, 2.05) is 65.8 Å². The molecule has 0 saturated heterocycles. The molecular formula is C16H25NO3. The summed E-state index contributed by atoms with van der Waals surface area (Å²) in [5, 5.41) is 2.81. The van der Waals surface area contributed by atoms with Crippen LogP contribution in [0.3, 0.4) is 0 Å². The Morgan fingerprint density at radius 3 is 2.15 bits per heavy atom. The van der Waals surface area contributed by atoms with E-state index in [9.17, 15) is 4.79 Å². The number of carbonyl (C=O) groups excluding carboxylic acids is 1. The van der Waals surface area contributed by atoms with Crippen LogP contribution in [0.5, 0.6) is 5.75 Å². The Labute approximate surface area is 121 Å². The maximum absolute atomic E-state index is 11.7. The van der Waals surface area contributed by atoms with Crippen molar-refractivity contribution in [3.8, 4) is 5.75 Å². The van der Waals surface area contributed by atoms with Gasteiger partial charge in [-0.1, -0.05) is 17.7 Å². The van der Waals surface area contributed by atoms with Crippen molar-refractivity contribution in [2.24, 2.45) is 0 Å². The average Bonchev–Trinajstić information content (AvgIpc) is 2.24. The van der Waals surface area contributed by atoms with Gasteiger partial charge in [0.05, 0.1) is 5.54 Å². The third-order valence-corrected chi connectivity index (χ3v) is 2.46. The number of nitrogens with one attached hydrogen (secondary N) is 1. The Balaban J connectivity index is 2.48. The van der Waals surface area contributed by atoms with Gasteiger partial charge in [-0.3, -0.25) is 0 Å². The number of hydrogen-bond acceptors (Lipinski definition) is 3. The quantitative estimate of drug-likeness (QED) is 0.914. The minimum atomic E-state index is -0.507. The Bertz CT molecular complexity index is 444. The molecule has 0 radical (unpaired) electrons. The molecule has 0 saturated carbocycles. The lowest BCUT2D eigenvalue weighted by atomic mass is 10.1. The summed E-state index contributed by atoms with van der Waals surface area (Å²) < 4.78 is 10.9. The van der Waals surface area contributed by atoms with Gasteiger partial charge in [-0.2, -0.15) is 0 Å². The van der Waals surface area contributed by atoms with Crippen LogP contribution in [0.2, 0.25) is 0 Å². The van der Waals surface area contributed by atoms with Crippen molar-refractivity contribution in [1.29, 1.82) is 0 Å². The smallest absolute Gasteiger partial charge is 0.408 e. The second kappa shape index (κ2) is 6.16. The summed E-state index contributed by atoms with van der Waals surface area (Å²) in [6.07, 6.45) is -0.435. The van der Waals surface area contributed by atoms with Crippen molar-refractivity contribution in [2.45, 2.75) is 52.7 Å². The van der Waals surface area contributed by atoms with Gasteiger partial charge in [-0.15, -0.1) is 0 Å². The number of aryl methyl sites for hydroxylation is 1. The zero-order valence-corrected chi connectivity index (χ0v) is 13.2. The largest absolute Gasteiger partial charge is 0.491 e. The summed E-state index contributed by atoms with van der Waals surface area (Å²) in [5.74, 6) is 0.787. The molecule has 0 aliphatic heterocycles. The number of ether oxygens (including phenoxy) is 2. The monoisotopic (exact) mass is 279 g/mol.